The number of esters is 1. The quantitative estimate of drug-likeness (QED) is 0.487. The fourth-order valence-corrected chi connectivity index (χ4v) is 4.19. The van der Waals surface area contributed by atoms with Crippen LogP contribution >= 0.6 is 0 Å². The second-order valence-electron chi connectivity index (χ2n) is 7.01. The van der Waals surface area contributed by atoms with Crippen LogP contribution in [0.1, 0.15) is 30.6 Å². The zero-order valence-electron chi connectivity index (χ0n) is 13.6. The fraction of sp³-hybridized carbons (Fsp3) is 0.421. The Morgan fingerprint density at radius 3 is 2.08 bits per heavy atom. The molecule has 0 unspecified atom stereocenters. The summed E-state index contributed by atoms with van der Waals surface area (Å²) in [6.07, 6.45) is 4.87. The zero-order chi connectivity index (χ0) is 17.0. The SMILES string of the molecule is CC(C)OC(=O)c1ccc(N2C(=O)[C@@H]3[C@H](C2=O)[C@@H]2C=C[C@H]3C2)cc1. The van der Waals surface area contributed by atoms with E-state index in [9.17, 15) is 14.4 Å². The third-order valence-electron chi connectivity index (χ3n) is 5.17. The monoisotopic (exact) mass is 325 g/mol. The number of carbonyl (C=O) groups is 3. The van der Waals surface area contributed by atoms with Gasteiger partial charge in [0.2, 0.25) is 11.8 Å². The Kier molecular flexibility index (Phi) is 3.34. The predicted octanol–water partition coefficient (Wildman–Crippen LogP) is 2.56. The second-order valence-corrected chi connectivity index (χ2v) is 7.01. The molecular formula is C19H19NO4. The van der Waals surface area contributed by atoms with Gasteiger partial charge in [0, 0.05) is 0 Å². The first-order valence-electron chi connectivity index (χ1n) is 8.34. The van der Waals surface area contributed by atoms with Crippen molar-refractivity contribution in [2.24, 2.45) is 23.7 Å². The molecule has 1 saturated carbocycles. The van der Waals surface area contributed by atoms with Gasteiger partial charge in [0.1, 0.15) is 0 Å². The Hall–Kier alpha value is -2.43. The van der Waals surface area contributed by atoms with Crippen molar-refractivity contribution in [3.63, 3.8) is 0 Å². The van der Waals surface area contributed by atoms with Crippen molar-refractivity contribution in [1.29, 1.82) is 0 Å². The zero-order valence-corrected chi connectivity index (χ0v) is 13.6. The molecule has 5 nitrogen and oxygen atoms in total. The van der Waals surface area contributed by atoms with Crippen LogP contribution in [0.5, 0.6) is 0 Å². The number of nitrogens with zero attached hydrogens (tertiary/aromatic N) is 1. The number of allylic oxidation sites excluding steroid dienone is 2. The van der Waals surface area contributed by atoms with Gasteiger partial charge in [-0.15, -0.1) is 0 Å². The number of rotatable bonds is 3. The van der Waals surface area contributed by atoms with E-state index < -0.39 is 5.97 Å². The van der Waals surface area contributed by atoms with E-state index >= 15 is 0 Å². The van der Waals surface area contributed by atoms with Gasteiger partial charge in [-0.3, -0.25) is 14.5 Å². The summed E-state index contributed by atoms with van der Waals surface area (Å²) < 4.78 is 5.15. The summed E-state index contributed by atoms with van der Waals surface area (Å²) in [6.45, 7) is 3.57. The van der Waals surface area contributed by atoms with Crippen molar-refractivity contribution >= 4 is 23.5 Å². The van der Waals surface area contributed by atoms with Crippen molar-refractivity contribution in [2.75, 3.05) is 4.90 Å². The number of carbonyl (C=O) groups excluding carboxylic acids is 3. The fourth-order valence-electron chi connectivity index (χ4n) is 4.19. The van der Waals surface area contributed by atoms with Gasteiger partial charge in [-0.05, 0) is 56.4 Å². The Morgan fingerprint density at radius 1 is 1.04 bits per heavy atom. The summed E-state index contributed by atoms with van der Waals surface area (Å²) in [7, 11) is 0. The van der Waals surface area contributed by atoms with Crippen LogP contribution in [-0.4, -0.2) is 23.9 Å². The first-order valence-corrected chi connectivity index (χ1v) is 8.34. The average Bonchev–Trinajstić information content (AvgIpc) is 3.21. The van der Waals surface area contributed by atoms with Crippen molar-refractivity contribution < 1.29 is 19.1 Å². The summed E-state index contributed by atoms with van der Waals surface area (Å²) in [6, 6.07) is 6.48. The van der Waals surface area contributed by atoms with Gasteiger partial charge >= 0.3 is 5.97 Å². The predicted molar refractivity (Wildman–Crippen MR) is 87.2 cm³/mol. The first kappa shape index (κ1) is 15.1. The minimum absolute atomic E-state index is 0.112. The van der Waals surface area contributed by atoms with Crippen LogP contribution in [0.2, 0.25) is 0 Å². The molecule has 24 heavy (non-hydrogen) atoms. The lowest BCUT2D eigenvalue weighted by Gasteiger charge is -2.17. The van der Waals surface area contributed by atoms with Crippen LogP contribution in [-0.2, 0) is 14.3 Å². The molecular weight excluding hydrogens is 306 g/mol. The van der Waals surface area contributed by atoms with Crippen LogP contribution in [0.4, 0.5) is 5.69 Å². The highest BCUT2D eigenvalue weighted by Gasteiger charge is 2.59. The van der Waals surface area contributed by atoms with Crippen LogP contribution in [0, 0.1) is 23.7 Å². The number of benzene rings is 1. The highest BCUT2D eigenvalue weighted by Crippen LogP contribution is 2.53. The number of anilines is 1. The van der Waals surface area contributed by atoms with E-state index in [1.54, 1.807) is 38.1 Å². The summed E-state index contributed by atoms with van der Waals surface area (Å²) in [5.41, 5.74) is 0.938. The second kappa shape index (κ2) is 5.30. The van der Waals surface area contributed by atoms with E-state index in [0.29, 0.717) is 11.3 Å². The molecule has 2 bridgehead atoms. The molecule has 5 heteroatoms. The maximum absolute atomic E-state index is 12.7. The van der Waals surface area contributed by atoms with E-state index in [1.165, 1.54) is 4.90 Å². The first-order chi connectivity index (χ1) is 11.5. The van der Waals surface area contributed by atoms with Gasteiger partial charge in [0.15, 0.2) is 0 Å². The largest absolute Gasteiger partial charge is 0.459 e. The summed E-state index contributed by atoms with van der Waals surface area (Å²) in [5.74, 6) is -0.659. The Bertz CT molecular complexity index is 719. The van der Waals surface area contributed by atoms with E-state index in [1.807, 2.05) is 0 Å². The standard InChI is InChI=1S/C19H19NO4/c1-10(2)24-19(23)11-5-7-14(8-6-11)20-17(21)15-12-3-4-13(9-12)16(15)18(20)22/h3-8,10,12-13,15-16H,9H2,1-2H3/t12-,13+,15-,16+. The van der Waals surface area contributed by atoms with Crippen molar-refractivity contribution in [3.05, 3.63) is 42.0 Å². The maximum atomic E-state index is 12.7. The van der Waals surface area contributed by atoms with Crippen molar-refractivity contribution in [1.82, 2.24) is 0 Å². The molecule has 0 spiro atoms. The molecule has 2 fully saturated rings. The maximum Gasteiger partial charge on any atom is 0.338 e. The topological polar surface area (TPSA) is 63.7 Å². The van der Waals surface area contributed by atoms with Crippen LogP contribution in [0.3, 0.4) is 0 Å². The molecule has 2 aliphatic carbocycles. The van der Waals surface area contributed by atoms with Gasteiger partial charge in [0.05, 0.1) is 29.2 Å². The number of imide groups is 1. The number of fused-ring (bicyclic) bond motifs is 5. The molecule has 1 aromatic carbocycles. The number of ether oxygens (including phenoxy) is 1. The van der Waals surface area contributed by atoms with Gasteiger partial charge in [-0.25, -0.2) is 4.79 Å². The van der Waals surface area contributed by atoms with Crippen LogP contribution in [0.25, 0.3) is 0 Å². The third kappa shape index (κ3) is 2.11. The molecule has 0 N–H and O–H groups in total. The highest BCUT2D eigenvalue weighted by atomic mass is 16.5. The van der Waals surface area contributed by atoms with Crippen molar-refractivity contribution in [2.45, 2.75) is 26.4 Å². The molecule has 0 radical (unpaired) electrons. The Labute approximate surface area is 140 Å². The molecule has 2 amide bonds. The highest BCUT2D eigenvalue weighted by molar-refractivity contribution is 6.22. The molecule has 1 aromatic rings. The summed E-state index contributed by atoms with van der Waals surface area (Å²) in [4.78, 5) is 38.6. The summed E-state index contributed by atoms with van der Waals surface area (Å²) >= 11 is 0. The smallest absolute Gasteiger partial charge is 0.338 e. The van der Waals surface area contributed by atoms with Crippen LogP contribution in [0.15, 0.2) is 36.4 Å². The lowest BCUT2D eigenvalue weighted by Crippen LogP contribution is -2.32. The Morgan fingerprint density at radius 2 is 1.58 bits per heavy atom. The van der Waals surface area contributed by atoms with E-state index in [2.05, 4.69) is 12.2 Å². The molecule has 3 aliphatic rings. The normalized spacial score (nSPS) is 30.4. The number of hydrogen-bond acceptors (Lipinski definition) is 4. The van der Waals surface area contributed by atoms with E-state index in [0.717, 1.165) is 6.42 Å². The average molecular weight is 325 g/mol. The van der Waals surface area contributed by atoms with Gasteiger partial charge in [-0.2, -0.15) is 0 Å². The van der Waals surface area contributed by atoms with Crippen LogP contribution < -0.4 is 4.90 Å². The van der Waals surface area contributed by atoms with Gasteiger partial charge in [0.25, 0.3) is 0 Å². The molecule has 1 aliphatic heterocycles. The minimum atomic E-state index is -0.408. The van der Waals surface area contributed by atoms with Gasteiger partial charge < -0.3 is 4.74 Å². The third-order valence-corrected chi connectivity index (χ3v) is 5.17. The minimum Gasteiger partial charge on any atom is -0.459 e. The lowest BCUT2D eigenvalue weighted by atomic mass is 9.85. The van der Waals surface area contributed by atoms with Gasteiger partial charge in [-0.1, -0.05) is 12.2 Å². The number of amides is 2. The number of hydrogen-bond donors (Lipinski definition) is 0. The van der Waals surface area contributed by atoms with E-state index in [-0.39, 0.29) is 41.6 Å². The molecule has 124 valence electrons. The van der Waals surface area contributed by atoms with Crippen molar-refractivity contribution in [3.8, 4) is 0 Å². The lowest BCUT2D eigenvalue weighted by molar-refractivity contribution is -0.123. The summed E-state index contributed by atoms with van der Waals surface area (Å²) in [5, 5.41) is 0. The molecule has 0 aromatic heterocycles. The molecule has 4 atom stereocenters. The van der Waals surface area contributed by atoms with E-state index in [4.69, 9.17) is 4.74 Å². The Balaban J connectivity index is 1.58. The molecule has 1 saturated heterocycles. The molecule has 4 rings (SSSR count). The molecule has 1 heterocycles.